The second kappa shape index (κ2) is 4.00. The largest absolute Gasteiger partial charge is 0.493 e. The van der Waals surface area contributed by atoms with Gasteiger partial charge in [0.05, 0.1) is 6.61 Å². The van der Waals surface area contributed by atoms with Crippen molar-refractivity contribution < 1.29 is 4.74 Å². The molecule has 4 rings (SSSR count). The molecule has 20 heavy (non-hydrogen) atoms. The Kier molecular flexibility index (Phi) is 2.27. The van der Waals surface area contributed by atoms with Gasteiger partial charge >= 0.3 is 0 Å². The third-order valence-corrected chi connectivity index (χ3v) is 3.84. The van der Waals surface area contributed by atoms with Crippen molar-refractivity contribution in [3.8, 4) is 17.0 Å². The van der Waals surface area contributed by atoms with Crippen molar-refractivity contribution in [3.05, 3.63) is 47.7 Å². The molecule has 0 radical (unpaired) electrons. The average Bonchev–Trinajstić information content (AvgIpc) is 3.03. The van der Waals surface area contributed by atoms with Gasteiger partial charge in [0.15, 0.2) is 0 Å². The summed E-state index contributed by atoms with van der Waals surface area (Å²) in [6.45, 7) is 2.80. The second-order valence-corrected chi connectivity index (χ2v) is 5.13. The number of nitrogens with zero attached hydrogens (tertiary/aromatic N) is 2. The van der Waals surface area contributed by atoms with E-state index in [4.69, 9.17) is 10.5 Å². The molecule has 0 saturated heterocycles. The molecule has 0 spiro atoms. The Morgan fingerprint density at radius 1 is 1.25 bits per heavy atom. The molecule has 3 heterocycles. The van der Waals surface area contributed by atoms with Crippen LogP contribution in [0.25, 0.3) is 16.9 Å². The first-order valence-corrected chi connectivity index (χ1v) is 6.74. The first-order chi connectivity index (χ1) is 9.74. The van der Waals surface area contributed by atoms with Gasteiger partial charge in [0, 0.05) is 17.7 Å². The monoisotopic (exact) mass is 265 g/mol. The lowest BCUT2D eigenvalue weighted by molar-refractivity contribution is 0.357. The standard InChI is InChI=1S/C16H15N3O/c1-10-3-2-4-14-18-15(16(17)19(10)14)12-5-6-13-11(9-12)7-8-20-13/h2-6,9H,7-8,17H2,1H3. The van der Waals surface area contributed by atoms with Crippen LogP contribution in [0.15, 0.2) is 36.4 Å². The highest BCUT2D eigenvalue weighted by atomic mass is 16.5. The van der Waals surface area contributed by atoms with E-state index in [2.05, 4.69) is 11.1 Å². The average molecular weight is 265 g/mol. The van der Waals surface area contributed by atoms with Gasteiger partial charge in [0.2, 0.25) is 0 Å². The molecule has 0 unspecified atom stereocenters. The van der Waals surface area contributed by atoms with Crippen molar-refractivity contribution in [3.63, 3.8) is 0 Å². The van der Waals surface area contributed by atoms with Gasteiger partial charge in [0.25, 0.3) is 0 Å². The number of imidazole rings is 1. The molecule has 1 aliphatic heterocycles. The Bertz CT molecular complexity index is 820. The summed E-state index contributed by atoms with van der Waals surface area (Å²) in [6.07, 6.45) is 0.954. The summed E-state index contributed by atoms with van der Waals surface area (Å²) in [7, 11) is 0. The topological polar surface area (TPSA) is 52.5 Å². The highest BCUT2D eigenvalue weighted by Crippen LogP contribution is 2.33. The van der Waals surface area contributed by atoms with Gasteiger partial charge in [-0.05, 0) is 42.8 Å². The molecule has 4 heteroatoms. The highest BCUT2D eigenvalue weighted by molar-refractivity contribution is 5.76. The predicted molar refractivity (Wildman–Crippen MR) is 79.0 cm³/mol. The highest BCUT2D eigenvalue weighted by Gasteiger charge is 2.16. The van der Waals surface area contributed by atoms with E-state index in [-0.39, 0.29) is 0 Å². The van der Waals surface area contributed by atoms with E-state index < -0.39 is 0 Å². The maximum absolute atomic E-state index is 6.29. The van der Waals surface area contributed by atoms with Gasteiger partial charge in [-0.1, -0.05) is 6.07 Å². The van der Waals surface area contributed by atoms with Crippen molar-refractivity contribution in [1.29, 1.82) is 0 Å². The van der Waals surface area contributed by atoms with Crippen LogP contribution in [0.1, 0.15) is 11.3 Å². The van der Waals surface area contributed by atoms with Crippen molar-refractivity contribution in [2.24, 2.45) is 0 Å². The number of hydrogen-bond donors (Lipinski definition) is 1. The minimum atomic E-state index is 0.692. The third kappa shape index (κ3) is 1.51. The minimum Gasteiger partial charge on any atom is -0.493 e. The predicted octanol–water partition coefficient (Wildman–Crippen LogP) is 2.83. The van der Waals surface area contributed by atoms with Crippen LogP contribution in [-0.4, -0.2) is 16.0 Å². The number of nitrogens with two attached hydrogens (primary N) is 1. The number of anilines is 1. The number of aryl methyl sites for hydroxylation is 1. The first kappa shape index (κ1) is 11.3. The van der Waals surface area contributed by atoms with Gasteiger partial charge in [-0.3, -0.25) is 4.40 Å². The van der Waals surface area contributed by atoms with Crippen LogP contribution in [0.4, 0.5) is 5.82 Å². The molecular formula is C16H15N3O. The van der Waals surface area contributed by atoms with E-state index >= 15 is 0 Å². The van der Waals surface area contributed by atoms with Crippen molar-refractivity contribution in [2.45, 2.75) is 13.3 Å². The summed E-state index contributed by atoms with van der Waals surface area (Å²) in [5.74, 6) is 1.67. The van der Waals surface area contributed by atoms with Crippen molar-refractivity contribution in [1.82, 2.24) is 9.38 Å². The summed E-state index contributed by atoms with van der Waals surface area (Å²) in [5.41, 5.74) is 11.4. The molecule has 3 aromatic rings. The Labute approximate surface area is 116 Å². The van der Waals surface area contributed by atoms with Crippen molar-refractivity contribution >= 4 is 11.5 Å². The number of hydrogen-bond acceptors (Lipinski definition) is 3. The zero-order valence-electron chi connectivity index (χ0n) is 11.3. The smallest absolute Gasteiger partial charge is 0.139 e. The van der Waals surface area contributed by atoms with Gasteiger partial charge in [-0.2, -0.15) is 0 Å². The van der Waals surface area contributed by atoms with E-state index in [1.807, 2.05) is 41.7 Å². The normalized spacial score (nSPS) is 13.4. The third-order valence-electron chi connectivity index (χ3n) is 3.84. The number of aromatic nitrogens is 2. The molecule has 2 aromatic heterocycles. The molecule has 0 saturated carbocycles. The van der Waals surface area contributed by atoms with Crippen LogP contribution in [-0.2, 0) is 6.42 Å². The summed E-state index contributed by atoms with van der Waals surface area (Å²) in [5, 5.41) is 0. The zero-order chi connectivity index (χ0) is 13.7. The summed E-state index contributed by atoms with van der Waals surface area (Å²) >= 11 is 0. The zero-order valence-corrected chi connectivity index (χ0v) is 11.3. The molecular weight excluding hydrogens is 250 g/mol. The SMILES string of the molecule is Cc1cccc2nc(-c3ccc4c(c3)CCO4)c(N)n12. The maximum atomic E-state index is 6.29. The number of fused-ring (bicyclic) bond motifs is 2. The van der Waals surface area contributed by atoms with E-state index in [0.717, 1.165) is 41.4 Å². The number of rotatable bonds is 1. The van der Waals surface area contributed by atoms with Crippen LogP contribution in [0.3, 0.4) is 0 Å². The van der Waals surface area contributed by atoms with Crippen molar-refractivity contribution in [2.75, 3.05) is 12.3 Å². The van der Waals surface area contributed by atoms with Crippen LogP contribution in [0, 0.1) is 6.92 Å². The first-order valence-electron chi connectivity index (χ1n) is 6.74. The molecule has 0 fully saturated rings. The summed E-state index contributed by atoms with van der Waals surface area (Å²) < 4.78 is 7.53. The van der Waals surface area contributed by atoms with Crippen LogP contribution < -0.4 is 10.5 Å². The van der Waals surface area contributed by atoms with Gasteiger partial charge in [0.1, 0.15) is 22.9 Å². The lowest BCUT2D eigenvalue weighted by Crippen LogP contribution is -1.97. The number of benzene rings is 1. The molecule has 0 amide bonds. The van der Waals surface area contributed by atoms with Gasteiger partial charge < -0.3 is 10.5 Å². The number of pyridine rings is 1. The Balaban J connectivity index is 1.94. The van der Waals surface area contributed by atoms with E-state index in [1.165, 1.54) is 5.56 Å². The van der Waals surface area contributed by atoms with Crippen LogP contribution in [0.2, 0.25) is 0 Å². The Morgan fingerprint density at radius 3 is 3.00 bits per heavy atom. The lowest BCUT2D eigenvalue weighted by Gasteiger charge is -2.04. The molecule has 0 atom stereocenters. The van der Waals surface area contributed by atoms with E-state index in [9.17, 15) is 0 Å². The van der Waals surface area contributed by atoms with E-state index in [0.29, 0.717) is 5.82 Å². The lowest BCUT2D eigenvalue weighted by atomic mass is 10.1. The summed E-state index contributed by atoms with van der Waals surface area (Å²) in [6, 6.07) is 12.2. The molecule has 1 aromatic carbocycles. The molecule has 0 aliphatic carbocycles. The fourth-order valence-corrected chi connectivity index (χ4v) is 2.83. The fourth-order valence-electron chi connectivity index (χ4n) is 2.83. The number of nitrogen functional groups attached to an aromatic ring is 1. The van der Waals surface area contributed by atoms with Crippen LogP contribution >= 0.6 is 0 Å². The fraction of sp³-hybridized carbons (Fsp3) is 0.188. The Hall–Kier alpha value is -2.49. The summed E-state index contributed by atoms with van der Waals surface area (Å²) in [4.78, 5) is 4.67. The number of ether oxygens (including phenoxy) is 1. The quantitative estimate of drug-likeness (QED) is 0.736. The maximum Gasteiger partial charge on any atom is 0.139 e. The molecule has 0 bridgehead atoms. The minimum absolute atomic E-state index is 0.692. The van der Waals surface area contributed by atoms with Gasteiger partial charge in [-0.25, -0.2) is 4.98 Å². The molecule has 1 aliphatic rings. The Morgan fingerprint density at radius 2 is 2.15 bits per heavy atom. The molecule has 100 valence electrons. The molecule has 2 N–H and O–H groups in total. The second-order valence-electron chi connectivity index (χ2n) is 5.13. The molecule has 4 nitrogen and oxygen atoms in total. The van der Waals surface area contributed by atoms with Gasteiger partial charge in [-0.15, -0.1) is 0 Å². The van der Waals surface area contributed by atoms with Crippen LogP contribution in [0.5, 0.6) is 5.75 Å². The van der Waals surface area contributed by atoms with E-state index in [1.54, 1.807) is 0 Å².